The second kappa shape index (κ2) is 4.41. The van der Waals surface area contributed by atoms with Gasteiger partial charge in [-0.25, -0.2) is 0 Å². The zero-order valence-electron chi connectivity index (χ0n) is 9.27. The maximum Gasteiger partial charge on any atom is 0.420 e. The van der Waals surface area contributed by atoms with Crippen molar-refractivity contribution in [3.05, 3.63) is 35.6 Å². The lowest BCUT2D eigenvalue weighted by molar-refractivity contribution is -0.136. The third kappa shape index (κ3) is 2.44. The van der Waals surface area contributed by atoms with Gasteiger partial charge in [-0.15, -0.1) is 0 Å². The first-order valence-corrected chi connectivity index (χ1v) is 5.25. The molecule has 0 atom stereocenters. The van der Waals surface area contributed by atoms with Gasteiger partial charge in [0.2, 0.25) is 0 Å². The van der Waals surface area contributed by atoms with Crippen LogP contribution in [0.2, 0.25) is 0 Å². The number of rotatable bonds is 3. The molecule has 0 saturated heterocycles. The molecule has 1 heterocycles. The number of alkyl halides is 3. The standard InChI is InChI=1S/C12H12F3NO/c1-16-6-5-9-7-8-3-2-4-10(11(8)17-9)12(13,14)15/h2-4,7,16H,5-6H2,1H3. The summed E-state index contributed by atoms with van der Waals surface area (Å²) >= 11 is 0. The average molecular weight is 243 g/mol. The third-order valence-corrected chi connectivity index (χ3v) is 2.52. The number of hydrogen-bond donors (Lipinski definition) is 1. The molecule has 2 aromatic rings. The van der Waals surface area contributed by atoms with Crippen LogP contribution < -0.4 is 5.32 Å². The van der Waals surface area contributed by atoms with E-state index in [0.717, 1.165) is 6.07 Å². The Bertz CT molecular complexity index is 516. The largest absolute Gasteiger partial charge is 0.460 e. The fourth-order valence-corrected chi connectivity index (χ4v) is 1.71. The van der Waals surface area contributed by atoms with E-state index in [-0.39, 0.29) is 5.58 Å². The number of hydrogen-bond acceptors (Lipinski definition) is 2. The maximum absolute atomic E-state index is 12.7. The molecule has 0 unspecified atom stereocenters. The number of para-hydroxylation sites is 1. The van der Waals surface area contributed by atoms with E-state index in [0.29, 0.717) is 24.1 Å². The summed E-state index contributed by atoms with van der Waals surface area (Å²) in [6.07, 6.45) is -3.81. The molecule has 0 aliphatic carbocycles. The molecule has 1 N–H and O–H groups in total. The minimum Gasteiger partial charge on any atom is -0.460 e. The third-order valence-electron chi connectivity index (χ3n) is 2.52. The van der Waals surface area contributed by atoms with Gasteiger partial charge in [-0.1, -0.05) is 12.1 Å². The molecule has 0 aliphatic rings. The van der Waals surface area contributed by atoms with Gasteiger partial charge >= 0.3 is 6.18 Å². The molecule has 0 saturated carbocycles. The number of benzene rings is 1. The van der Waals surface area contributed by atoms with Crippen molar-refractivity contribution in [2.75, 3.05) is 13.6 Å². The summed E-state index contributed by atoms with van der Waals surface area (Å²) in [5.74, 6) is 0.561. The SMILES string of the molecule is CNCCc1cc2cccc(C(F)(F)F)c2o1. The van der Waals surface area contributed by atoms with Gasteiger partial charge in [-0.3, -0.25) is 0 Å². The number of furan rings is 1. The number of likely N-dealkylation sites (N-methyl/N-ethyl adjacent to an activating group) is 1. The van der Waals surface area contributed by atoms with Crippen LogP contribution in [-0.4, -0.2) is 13.6 Å². The van der Waals surface area contributed by atoms with Gasteiger partial charge in [0.25, 0.3) is 0 Å². The van der Waals surface area contributed by atoms with Gasteiger partial charge in [0.05, 0.1) is 5.56 Å². The van der Waals surface area contributed by atoms with Crippen LogP contribution in [0, 0.1) is 0 Å². The Morgan fingerprint density at radius 1 is 1.29 bits per heavy atom. The monoisotopic (exact) mass is 243 g/mol. The topological polar surface area (TPSA) is 25.2 Å². The van der Waals surface area contributed by atoms with Gasteiger partial charge in [0, 0.05) is 18.4 Å². The van der Waals surface area contributed by atoms with Crippen LogP contribution in [0.15, 0.2) is 28.7 Å². The van der Waals surface area contributed by atoms with Gasteiger partial charge in [-0.05, 0) is 19.2 Å². The highest BCUT2D eigenvalue weighted by atomic mass is 19.4. The minimum atomic E-state index is -4.38. The summed E-state index contributed by atoms with van der Waals surface area (Å²) in [4.78, 5) is 0. The Morgan fingerprint density at radius 3 is 2.71 bits per heavy atom. The van der Waals surface area contributed by atoms with Crippen LogP contribution in [0.3, 0.4) is 0 Å². The van der Waals surface area contributed by atoms with Crippen LogP contribution in [0.4, 0.5) is 13.2 Å². The van der Waals surface area contributed by atoms with Gasteiger partial charge < -0.3 is 9.73 Å². The molecule has 0 bridgehead atoms. The first-order valence-electron chi connectivity index (χ1n) is 5.25. The fraction of sp³-hybridized carbons (Fsp3) is 0.333. The summed E-state index contributed by atoms with van der Waals surface area (Å²) in [6.45, 7) is 0.668. The minimum absolute atomic E-state index is 0.0777. The first kappa shape index (κ1) is 12.0. The van der Waals surface area contributed by atoms with Gasteiger partial charge in [-0.2, -0.15) is 13.2 Å². The normalized spacial score (nSPS) is 12.2. The van der Waals surface area contributed by atoms with Crippen LogP contribution >= 0.6 is 0 Å². The summed E-state index contributed by atoms with van der Waals surface area (Å²) in [5, 5.41) is 3.41. The molecule has 92 valence electrons. The number of nitrogens with one attached hydrogen (secondary N) is 1. The van der Waals surface area contributed by atoms with E-state index < -0.39 is 11.7 Å². The molecule has 2 nitrogen and oxygen atoms in total. The van der Waals surface area contributed by atoms with Crippen molar-refractivity contribution in [1.82, 2.24) is 5.32 Å². The molecule has 0 amide bonds. The van der Waals surface area contributed by atoms with Crippen LogP contribution in [0.25, 0.3) is 11.0 Å². The average Bonchev–Trinajstić information content (AvgIpc) is 2.66. The van der Waals surface area contributed by atoms with Crippen molar-refractivity contribution in [2.45, 2.75) is 12.6 Å². The van der Waals surface area contributed by atoms with Crippen molar-refractivity contribution in [3.8, 4) is 0 Å². The lowest BCUT2D eigenvalue weighted by Gasteiger charge is -2.06. The lowest BCUT2D eigenvalue weighted by Crippen LogP contribution is -2.09. The van der Waals surface area contributed by atoms with E-state index in [1.165, 1.54) is 6.07 Å². The molecule has 0 radical (unpaired) electrons. The second-order valence-corrected chi connectivity index (χ2v) is 3.79. The van der Waals surface area contributed by atoms with E-state index in [2.05, 4.69) is 5.32 Å². The predicted molar refractivity (Wildman–Crippen MR) is 58.8 cm³/mol. The molecule has 0 spiro atoms. The quantitative estimate of drug-likeness (QED) is 0.895. The van der Waals surface area contributed by atoms with Crippen LogP contribution in [0.5, 0.6) is 0 Å². The maximum atomic E-state index is 12.7. The lowest BCUT2D eigenvalue weighted by atomic mass is 10.1. The summed E-state index contributed by atoms with van der Waals surface area (Å²) in [6, 6.07) is 5.70. The summed E-state index contributed by atoms with van der Waals surface area (Å²) in [5.41, 5.74) is -0.795. The predicted octanol–water partition coefficient (Wildman–Crippen LogP) is 3.21. The molecule has 5 heteroatoms. The van der Waals surface area contributed by atoms with Crippen LogP contribution in [-0.2, 0) is 12.6 Å². The number of halogens is 3. The van der Waals surface area contributed by atoms with E-state index in [1.54, 1.807) is 19.2 Å². The molecular weight excluding hydrogens is 231 g/mol. The Kier molecular flexibility index (Phi) is 3.11. The summed E-state index contributed by atoms with van der Waals surface area (Å²) in [7, 11) is 1.78. The molecule has 2 rings (SSSR count). The Morgan fingerprint density at radius 2 is 2.06 bits per heavy atom. The highest BCUT2D eigenvalue weighted by Crippen LogP contribution is 2.35. The molecular formula is C12H12F3NO. The van der Waals surface area contributed by atoms with Gasteiger partial charge in [0.15, 0.2) is 0 Å². The van der Waals surface area contributed by atoms with E-state index in [4.69, 9.17) is 4.42 Å². The van der Waals surface area contributed by atoms with Crippen molar-refractivity contribution < 1.29 is 17.6 Å². The van der Waals surface area contributed by atoms with Gasteiger partial charge in [0.1, 0.15) is 11.3 Å². The van der Waals surface area contributed by atoms with Crippen molar-refractivity contribution in [3.63, 3.8) is 0 Å². The first-order chi connectivity index (χ1) is 8.02. The van der Waals surface area contributed by atoms with E-state index in [9.17, 15) is 13.2 Å². The number of fused-ring (bicyclic) bond motifs is 1. The van der Waals surface area contributed by atoms with Crippen molar-refractivity contribution in [2.24, 2.45) is 0 Å². The smallest absolute Gasteiger partial charge is 0.420 e. The second-order valence-electron chi connectivity index (χ2n) is 3.79. The Hall–Kier alpha value is -1.49. The van der Waals surface area contributed by atoms with Crippen molar-refractivity contribution >= 4 is 11.0 Å². The van der Waals surface area contributed by atoms with Crippen LogP contribution in [0.1, 0.15) is 11.3 Å². The molecule has 1 aromatic heterocycles. The highest BCUT2D eigenvalue weighted by molar-refractivity contribution is 5.81. The van der Waals surface area contributed by atoms with E-state index >= 15 is 0 Å². The molecule has 17 heavy (non-hydrogen) atoms. The fourth-order valence-electron chi connectivity index (χ4n) is 1.71. The summed E-state index contributed by atoms with van der Waals surface area (Å²) < 4.78 is 43.4. The van der Waals surface area contributed by atoms with Crippen molar-refractivity contribution in [1.29, 1.82) is 0 Å². The van der Waals surface area contributed by atoms with E-state index in [1.807, 2.05) is 0 Å². The molecule has 0 aliphatic heterocycles. The Balaban J connectivity index is 2.46. The highest BCUT2D eigenvalue weighted by Gasteiger charge is 2.34. The Labute approximate surface area is 96.4 Å². The molecule has 1 aromatic carbocycles. The molecule has 0 fully saturated rings. The zero-order valence-corrected chi connectivity index (χ0v) is 9.27. The zero-order chi connectivity index (χ0) is 12.5.